The lowest BCUT2D eigenvalue weighted by Gasteiger charge is -2.08. The van der Waals surface area contributed by atoms with E-state index in [4.69, 9.17) is 4.74 Å². The molecule has 1 aromatic carbocycles. The Morgan fingerprint density at radius 1 is 1.27 bits per heavy atom. The molecule has 0 bridgehead atoms. The summed E-state index contributed by atoms with van der Waals surface area (Å²) >= 11 is 3.78. The molecule has 0 radical (unpaired) electrons. The second-order valence-electron chi connectivity index (χ2n) is 5.86. The van der Waals surface area contributed by atoms with E-state index in [0.717, 1.165) is 27.7 Å². The fraction of sp³-hybridized carbons (Fsp3) is 0.222. The number of nitrogens with zero attached hydrogens (tertiary/aromatic N) is 3. The van der Waals surface area contributed by atoms with E-state index in [1.54, 1.807) is 6.07 Å². The Morgan fingerprint density at radius 3 is 2.80 bits per heavy atom. The Balaban J connectivity index is 1.70. The molecule has 158 valence electrons. The number of aryl methyl sites for hydroxylation is 1. The van der Waals surface area contributed by atoms with Gasteiger partial charge in [0, 0.05) is 24.3 Å². The van der Waals surface area contributed by atoms with Gasteiger partial charge >= 0.3 is 0 Å². The summed E-state index contributed by atoms with van der Waals surface area (Å²) in [7, 11) is 1.48. The second-order valence-corrected chi connectivity index (χ2v) is 8.87. The van der Waals surface area contributed by atoms with Crippen molar-refractivity contribution in [3.8, 4) is 5.88 Å². The van der Waals surface area contributed by atoms with Gasteiger partial charge in [0.05, 0.1) is 12.8 Å². The Hall–Kier alpha value is -2.44. The number of hydrogen-bond donors (Lipinski definition) is 2. The van der Waals surface area contributed by atoms with E-state index in [0.29, 0.717) is 22.0 Å². The zero-order valence-electron chi connectivity index (χ0n) is 16.2. The van der Waals surface area contributed by atoms with Gasteiger partial charge in [0.2, 0.25) is 11.8 Å². The molecule has 12 heteroatoms. The van der Waals surface area contributed by atoms with Crippen molar-refractivity contribution < 1.29 is 18.3 Å². The van der Waals surface area contributed by atoms with Crippen LogP contribution in [0.3, 0.4) is 0 Å². The number of nitrogens with one attached hydrogen (secondary N) is 2. The number of carbonyl (C=O) groups excluding carboxylic acids is 1. The molecular weight excluding hydrogens is 452 g/mol. The number of hydrogen-bond acceptors (Lipinski definition) is 9. The van der Waals surface area contributed by atoms with Crippen molar-refractivity contribution >= 4 is 51.9 Å². The molecule has 0 fully saturated rings. The number of halogens is 2. The van der Waals surface area contributed by atoms with E-state index < -0.39 is 11.6 Å². The van der Waals surface area contributed by atoms with Gasteiger partial charge < -0.3 is 14.8 Å². The molecule has 0 saturated heterocycles. The van der Waals surface area contributed by atoms with Crippen LogP contribution in [0.15, 0.2) is 33.6 Å². The lowest BCUT2D eigenvalue weighted by atomic mass is 10.2. The van der Waals surface area contributed by atoms with E-state index in [1.807, 2.05) is 6.92 Å². The summed E-state index contributed by atoms with van der Waals surface area (Å²) < 4.78 is 36.4. The van der Waals surface area contributed by atoms with Gasteiger partial charge in [-0.3, -0.25) is 4.79 Å². The average Bonchev–Trinajstić information content (AvgIpc) is 3.05. The number of carbonyl (C=O) groups is 1. The Morgan fingerprint density at radius 2 is 2.07 bits per heavy atom. The van der Waals surface area contributed by atoms with Crippen molar-refractivity contribution in [3.05, 3.63) is 47.2 Å². The molecule has 0 aliphatic heterocycles. The van der Waals surface area contributed by atoms with E-state index >= 15 is 0 Å². The summed E-state index contributed by atoms with van der Waals surface area (Å²) in [5.74, 6) is -0.991. The molecule has 2 aromatic heterocycles. The maximum atomic E-state index is 13.9. The van der Waals surface area contributed by atoms with Crippen molar-refractivity contribution in [1.82, 2.24) is 15.0 Å². The first kappa shape index (κ1) is 22.2. The van der Waals surface area contributed by atoms with E-state index in [-0.39, 0.29) is 17.2 Å². The minimum absolute atomic E-state index is 0.164. The quantitative estimate of drug-likeness (QED) is 0.274. The average molecular weight is 470 g/mol. The maximum absolute atomic E-state index is 13.9. The van der Waals surface area contributed by atoms with Gasteiger partial charge in [0.1, 0.15) is 10.0 Å². The number of ether oxygens (including phenoxy) is 1. The summed E-state index contributed by atoms with van der Waals surface area (Å²) in [6.45, 7) is 3.26. The maximum Gasteiger partial charge on any atom is 0.223 e. The molecule has 1 amide bonds. The van der Waals surface area contributed by atoms with Gasteiger partial charge in [-0.15, -0.1) is 0 Å². The molecule has 0 aliphatic rings. The van der Waals surface area contributed by atoms with Crippen LogP contribution in [-0.2, 0) is 10.5 Å². The van der Waals surface area contributed by atoms with Crippen molar-refractivity contribution in [3.63, 3.8) is 0 Å². The third-order valence-corrected chi connectivity index (χ3v) is 6.62. The lowest BCUT2D eigenvalue weighted by molar-refractivity contribution is -0.114. The second kappa shape index (κ2) is 10.0. The highest BCUT2D eigenvalue weighted by Crippen LogP contribution is 2.33. The number of aromatic nitrogens is 3. The van der Waals surface area contributed by atoms with Gasteiger partial charge in [-0.1, -0.05) is 35.2 Å². The largest absolute Gasteiger partial charge is 0.481 e. The molecule has 3 rings (SSSR count). The fourth-order valence-electron chi connectivity index (χ4n) is 2.21. The van der Waals surface area contributed by atoms with Crippen LogP contribution in [0.5, 0.6) is 5.88 Å². The topological polar surface area (TPSA) is 89.0 Å². The number of methoxy groups -OCH3 is 1. The summed E-state index contributed by atoms with van der Waals surface area (Å²) in [6, 6.07) is 5.66. The van der Waals surface area contributed by atoms with Crippen LogP contribution in [0.1, 0.15) is 18.2 Å². The molecule has 0 saturated carbocycles. The molecule has 0 unspecified atom stereocenters. The smallest absolute Gasteiger partial charge is 0.223 e. The van der Waals surface area contributed by atoms with Crippen molar-refractivity contribution in [1.29, 1.82) is 0 Å². The number of thioether (sulfide) groups is 1. The molecule has 0 atom stereocenters. The predicted molar refractivity (Wildman–Crippen MR) is 115 cm³/mol. The lowest BCUT2D eigenvalue weighted by Crippen LogP contribution is -2.04. The molecular formula is C18H17F2N5O2S3. The molecule has 2 heterocycles. The summed E-state index contributed by atoms with van der Waals surface area (Å²) in [6.07, 6.45) is 0. The SMILES string of the molecule is COc1cc(NSc2sc(NC(C)=O)nc2C)nc(SCc2cccc(F)c2F)n1. The molecule has 0 aliphatic carbocycles. The van der Waals surface area contributed by atoms with Gasteiger partial charge in [0.25, 0.3) is 0 Å². The zero-order valence-corrected chi connectivity index (χ0v) is 18.6. The summed E-state index contributed by atoms with van der Waals surface area (Å²) in [5.41, 5.74) is 0.986. The molecule has 0 spiro atoms. The molecule has 3 aromatic rings. The highest BCUT2D eigenvalue weighted by Gasteiger charge is 2.13. The summed E-state index contributed by atoms with van der Waals surface area (Å²) in [4.78, 5) is 24.1. The Kier molecular flexibility index (Phi) is 7.45. The molecule has 7 nitrogen and oxygen atoms in total. The Bertz CT molecular complexity index is 1060. The fourth-order valence-corrected chi connectivity index (χ4v) is 4.80. The minimum Gasteiger partial charge on any atom is -0.481 e. The monoisotopic (exact) mass is 469 g/mol. The van der Waals surface area contributed by atoms with Gasteiger partial charge in [-0.05, 0) is 24.9 Å². The van der Waals surface area contributed by atoms with Crippen LogP contribution in [0.2, 0.25) is 0 Å². The minimum atomic E-state index is -0.892. The van der Waals surface area contributed by atoms with Crippen molar-refractivity contribution in [2.75, 3.05) is 17.1 Å². The molecule has 30 heavy (non-hydrogen) atoms. The van der Waals surface area contributed by atoms with E-state index in [1.165, 1.54) is 49.5 Å². The van der Waals surface area contributed by atoms with Crippen LogP contribution in [0.4, 0.5) is 19.7 Å². The van der Waals surface area contributed by atoms with Crippen LogP contribution in [0, 0.1) is 18.6 Å². The number of thiazole rings is 1. The number of amides is 1. The third kappa shape index (κ3) is 5.80. The van der Waals surface area contributed by atoms with Crippen LogP contribution in [0.25, 0.3) is 0 Å². The zero-order chi connectivity index (χ0) is 21.7. The normalized spacial score (nSPS) is 10.7. The predicted octanol–water partition coefficient (Wildman–Crippen LogP) is 4.90. The highest BCUT2D eigenvalue weighted by molar-refractivity contribution is 8.02. The van der Waals surface area contributed by atoms with Crippen LogP contribution < -0.4 is 14.8 Å². The van der Waals surface area contributed by atoms with Crippen LogP contribution >= 0.6 is 35.0 Å². The third-order valence-electron chi connectivity index (χ3n) is 3.56. The number of anilines is 2. The highest BCUT2D eigenvalue weighted by atomic mass is 32.2. The first-order valence-corrected chi connectivity index (χ1v) is 11.1. The Labute approximate surface area is 184 Å². The van der Waals surface area contributed by atoms with E-state index in [9.17, 15) is 13.6 Å². The standard InChI is InChI=1S/C18H17F2N5O2S3/c1-9-16(29-18(21-9)22-10(2)26)30-25-13-7-14(27-3)24-17(23-13)28-8-11-5-4-6-12(19)15(11)20/h4-7H,8H2,1-3H3,(H,21,22,26)(H,23,24,25). The first-order valence-electron chi connectivity index (χ1n) is 8.52. The van der Waals surface area contributed by atoms with Crippen LogP contribution in [-0.4, -0.2) is 28.0 Å². The number of benzene rings is 1. The van der Waals surface area contributed by atoms with Gasteiger partial charge in [0.15, 0.2) is 21.9 Å². The number of rotatable bonds is 8. The molecule has 2 N–H and O–H groups in total. The van der Waals surface area contributed by atoms with Gasteiger partial charge in [-0.25, -0.2) is 18.7 Å². The van der Waals surface area contributed by atoms with Gasteiger partial charge in [-0.2, -0.15) is 4.98 Å². The van der Waals surface area contributed by atoms with Crippen molar-refractivity contribution in [2.24, 2.45) is 0 Å². The summed E-state index contributed by atoms with van der Waals surface area (Å²) in [5, 5.41) is 3.51. The first-order chi connectivity index (χ1) is 14.4. The van der Waals surface area contributed by atoms with Crippen molar-refractivity contribution in [2.45, 2.75) is 29.0 Å². The van der Waals surface area contributed by atoms with E-state index in [2.05, 4.69) is 25.0 Å².